The highest BCUT2D eigenvalue weighted by Gasteiger charge is 2.17. The molecule has 3 heterocycles. The number of nitrogens with one attached hydrogen (secondary N) is 1. The van der Waals surface area contributed by atoms with Crippen molar-refractivity contribution in [1.29, 1.82) is 0 Å². The monoisotopic (exact) mass is 420 g/mol. The van der Waals surface area contributed by atoms with Gasteiger partial charge in [0.15, 0.2) is 5.65 Å². The zero-order chi connectivity index (χ0) is 21.6. The second-order valence-electron chi connectivity index (χ2n) is 7.00. The molecule has 31 heavy (non-hydrogen) atoms. The van der Waals surface area contributed by atoms with Crippen molar-refractivity contribution >= 4 is 11.6 Å². The van der Waals surface area contributed by atoms with Gasteiger partial charge in [0, 0.05) is 38.2 Å². The maximum atomic E-state index is 12.8. The fourth-order valence-corrected chi connectivity index (χ4v) is 3.32. The number of hydrogen-bond acceptors (Lipinski definition) is 6. The lowest BCUT2D eigenvalue weighted by molar-refractivity contribution is 0.0954. The maximum Gasteiger partial charge on any atom is 0.256 e. The van der Waals surface area contributed by atoms with Crippen LogP contribution in [0.1, 0.15) is 22.5 Å². The minimum Gasteiger partial charge on any atom is -0.497 e. The molecule has 0 aliphatic rings. The summed E-state index contributed by atoms with van der Waals surface area (Å²) in [6.45, 7) is 1.67. The topological polar surface area (TPSA) is 95.6 Å². The Bertz CT molecular complexity index is 1150. The van der Waals surface area contributed by atoms with E-state index in [1.807, 2.05) is 41.1 Å². The molecule has 0 bridgehead atoms. The highest BCUT2D eigenvalue weighted by molar-refractivity contribution is 5.99. The molecule has 160 valence electrons. The first-order chi connectivity index (χ1) is 15.2. The molecule has 0 aliphatic carbocycles. The van der Waals surface area contributed by atoms with E-state index in [9.17, 15) is 4.79 Å². The molecule has 4 rings (SSSR count). The van der Waals surface area contributed by atoms with E-state index in [2.05, 4.69) is 15.4 Å². The van der Waals surface area contributed by atoms with Crippen LogP contribution in [0, 0.1) is 0 Å². The van der Waals surface area contributed by atoms with Crippen LogP contribution in [-0.4, -0.2) is 50.8 Å². The SMILES string of the molecule is COCc1cc(-c2ccc(OC)cc2)nc2c(C(=O)NCCCn3ccnc3)cnn12. The van der Waals surface area contributed by atoms with Crippen LogP contribution in [0.25, 0.3) is 16.9 Å². The molecule has 0 radical (unpaired) electrons. The number of fused-ring (bicyclic) bond motifs is 1. The molecule has 0 aliphatic heterocycles. The Hall–Kier alpha value is -3.72. The van der Waals surface area contributed by atoms with Crippen molar-refractivity contribution in [3.8, 4) is 17.0 Å². The summed E-state index contributed by atoms with van der Waals surface area (Å²) in [7, 11) is 3.25. The maximum absolute atomic E-state index is 12.8. The van der Waals surface area contributed by atoms with E-state index in [0.717, 1.165) is 35.7 Å². The summed E-state index contributed by atoms with van der Waals surface area (Å²) < 4.78 is 14.2. The Morgan fingerprint density at radius 3 is 2.74 bits per heavy atom. The van der Waals surface area contributed by atoms with Crippen molar-refractivity contribution in [3.63, 3.8) is 0 Å². The third kappa shape index (κ3) is 4.56. The molecule has 1 amide bonds. The van der Waals surface area contributed by atoms with Crippen LogP contribution in [0.2, 0.25) is 0 Å². The van der Waals surface area contributed by atoms with Gasteiger partial charge < -0.3 is 19.4 Å². The van der Waals surface area contributed by atoms with Crippen molar-refractivity contribution in [2.45, 2.75) is 19.6 Å². The second-order valence-corrected chi connectivity index (χ2v) is 7.00. The minimum atomic E-state index is -0.205. The molecule has 9 heteroatoms. The van der Waals surface area contributed by atoms with E-state index in [4.69, 9.17) is 14.5 Å². The number of amides is 1. The van der Waals surface area contributed by atoms with Gasteiger partial charge in [0.1, 0.15) is 11.3 Å². The van der Waals surface area contributed by atoms with E-state index in [1.54, 1.807) is 37.5 Å². The van der Waals surface area contributed by atoms with Gasteiger partial charge in [0.05, 0.1) is 37.6 Å². The molecule has 0 atom stereocenters. The molecule has 0 saturated carbocycles. The zero-order valence-electron chi connectivity index (χ0n) is 17.5. The summed E-state index contributed by atoms with van der Waals surface area (Å²) >= 11 is 0. The smallest absolute Gasteiger partial charge is 0.256 e. The fourth-order valence-electron chi connectivity index (χ4n) is 3.32. The average Bonchev–Trinajstić information content (AvgIpc) is 3.47. The predicted octanol–water partition coefficient (Wildman–Crippen LogP) is 2.57. The Balaban J connectivity index is 1.58. The number of hydrogen-bond donors (Lipinski definition) is 1. The van der Waals surface area contributed by atoms with Crippen LogP contribution in [-0.2, 0) is 17.9 Å². The molecule has 0 unspecified atom stereocenters. The number of ether oxygens (including phenoxy) is 2. The second kappa shape index (κ2) is 9.40. The molecule has 1 aromatic carbocycles. The third-order valence-corrected chi connectivity index (χ3v) is 4.91. The normalized spacial score (nSPS) is 11.0. The van der Waals surface area contributed by atoms with Crippen LogP contribution in [0.3, 0.4) is 0 Å². The van der Waals surface area contributed by atoms with Gasteiger partial charge in [-0.3, -0.25) is 4.79 Å². The number of rotatable bonds is 9. The van der Waals surface area contributed by atoms with Gasteiger partial charge in [-0.05, 0) is 36.8 Å². The Morgan fingerprint density at radius 2 is 2.03 bits per heavy atom. The molecular weight excluding hydrogens is 396 g/mol. The molecule has 1 N–H and O–H groups in total. The highest BCUT2D eigenvalue weighted by atomic mass is 16.5. The summed E-state index contributed by atoms with van der Waals surface area (Å²) in [5, 5.41) is 7.32. The van der Waals surface area contributed by atoms with Crippen LogP contribution >= 0.6 is 0 Å². The molecule has 3 aromatic heterocycles. The molecule has 0 fully saturated rings. The number of methoxy groups -OCH3 is 2. The van der Waals surface area contributed by atoms with E-state index in [0.29, 0.717) is 24.4 Å². The number of aromatic nitrogens is 5. The predicted molar refractivity (Wildman–Crippen MR) is 115 cm³/mol. The lowest BCUT2D eigenvalue weighted by atomic mass is 10.1. The number of carbonyl (C=O) groups excluding carboxylic acids is 1. The Kier molecular flexibility index (Phi) is 6.23. The van der Waals surface area contributed by atoms with Gasteiger partial charge >= 0.3 is 0 Å². The van der Waals surface area contributed by atoms with Gasteiger partial charge in [-0.2, -0.15) is 5.10 Å². The Morgan fingerprint density at radius 1 is 1.19 bits per heavy atom. The van der Waals surface area contributed by atoms with E-state index < -0.39 is 0 Å². The number of nitrogens with zero attached hydrogens (tertiary/aromatic N) is 5. The molecular formula is C22H24N6O3. The summed E-state index contributed by atoms with van der Waals surface area (Å²) in [6.07, 6.45) is 7.73. The Labute approximate surface area is 179 Å². The first-order valence-corrected chi connectivity index (χ1v) is 9.94. The van der Waals surface area contributed by atoms with E-state index in [1.165, 1.54) is 0 Å². The standard InChI is InChI=1S/C22H24N6O3/c1-30-14-17-12-20(16-4-6-18(31-2)7-5-16)26-21-19(13-25-28(17)21)22(29)24-8-3-10-27-11-9-23-15-27/h4-7,9,11-13,15H,3,8,10,14H2,1-2H3,(H,24,29). The van der Waals surface area contributed by atoms with Crippen LogP contribution in [0.4, 0.5) is 0 Å². The molecule has 0 saturated heterocycles. The quantitative estimate of drug-likeness (QED) is 0.418. The first kappa shape index (κ1) is 20.5. The minimum absolute atomic E-state index is 0.205. The largest absolute Gasteiger partial charge is 0.497 e. The lowest BCUT2D eigenvalue weighted by Crippen LogP contribution is -2.25. The summed E-state index contributed by atoms with van der Waals surface area (Å²) in [5.74, 6) is 0.561. The highest BCUT2D eigenvalue weighted by Crippen LogP contribution is 2.24. The summed E-state index contributed by atoms with van der Waals surface area (Å²) in [6, 6.07) is 9.53. The van der Waals surface area contributed by atoms with Crippen LogP contribution in [0.15, 0.2) is 55.2 Å². The molecule has 9 nitrogen and oxygen atoms in total. The van der Waals surface area contributed by atoms with Crippen molar-refractivity contribution in [3.05, 3.63) is 66.5 Å². The van der Waals surface area contributed by atoms with Gasteiger partial charge in [-0.1, -0.05) is 0 Å². The van der Waals surface area contributed by atoms with E-state index in [-0.39, 0.29) is 5.91 Å². The molecule has 0 spiro atoms. The third-order valence-electron chi connectivity index (χ3n) is 4.91. The fraction of sp³-hybridized carbons (Fsp3) is 0.273. The van der Waals surface area contributed by atoms with Crippen molar-refractivity contribution in [1.82, 2.24) is 29.5 Å². The number of aryl methyl sites for hydroxylation is 1. The van der Waals surface area contributed by atoms with Crippen molar-refractivity contribution in [2.75, 3.05) is 20.8 Å². The van der Waals surface area contributed by atoms with Gasteiger partial charge in [0.2, 0.25) is 0 Å². The average molecular weight is 420 g/mol. The van der Waals surface area contributed by atoms with Crippen LogP contribution in [0.5, 0.6) is 5.75 Å². The summed E-state index contributed by atoms with van der Waals surface area (Å²) in [5.41, 5.74) is 3.37. The van der Waals surface area contributed by atoms with Crippen molar-refractivity contribution < 1.29 is 14.3 Å². The van der Waals surface area contributed by atoms with Crippen LogP contribution < -0.4 is 10.1 Å². The lowest BCUT2D eigenvalue weighted by Gasteiger charge is -2.09. The number of imidazole rings is 1. The molecule has 4 aromatic rings. The van der Waals surface area contributed by atoms with Crippen molar-refractivity contribution in [2.24, 2.45) is 0 Å². The van der Waals surface area contributed by atoms with Gasteiger partial charge in [-0.25, -0.2) is 14.5 Å². The number of benzene rings is 1. The number of carbonyl (C=O) groups is 1. The first-order valence-electron chi connectivity index (χ1n) is 9.94. The zero-order valence-corrected chi connectivity index (χ0v) is 17.5. The summed E-state index contributed by atoms with van der Waals surface area (Å²) in [4.78, 5) is 21.6. The van der Waals surface area contributed by atoms with Gasteiger partial charge in [-0.15, -0.1) is 0 Å². The van der Waals surface area contributed by atoms with Gasteiger partial charge in [0.25, 0.3) is 5.91 Å². The van der Waals surface area contributed by atoms with E-state index >= 15 is 0 Å².